The second-order valence-corrected chi connectivity index (χ2v) is 5.43. The van der Waals surface area contributed by atoms with Gasteiger partial charge in [0.1, 0.15) is 6.54 Å². The van der Waals surface area contributed by atoms with Crippen molar-refractivity contribution >= 4 is 11.3 Å². The Balaban J connectivity index is 1.82. The zero-order valence-electron chi connectivity index (χ0n) is 11.5. The highest BCUT2D eigenvalue weighted by molar-refractivity contribution is 7.13. The molecule has 0 spiro atoms. The molecule has 0 amide bonds. The molecule has 110 valence electrons. The predicted molar refractivity (Wildman–Crippen MR) is 75.9 cm³/mol. The largest absolute Gasteiger partial charge is 0.437 e. The van der Waals surface area contributed by atoms with Crippen molar-refractivity contribution in [2.24, 2.45) is 0 Å². The maximum absolute atomic E-state index is 11.8. The topological polar surface area (TPSA) is 91.6 Å². The van der Waals surface area contributed by atoms with E-state index in [4.69, 9.17) is 4.42 Å². The molecule has 0 radical (unpaired) electrons. The number of thiophene rings is 1. The first-order valence-electron chi connectivity index (χ1n) is 6.65. The Morgan fingerprint density at radius 2 is 2.29 bits per heavy atom. The third-order valence-electron chi connectivity index (χ3n) is 2.96. The molecule has 9 heteroatoms. The van der Waals surface area contributed by atoms with Gasteiger partial charge in [-0.05, 0) is 28.3 Å². The van der Waals surface area contributed by atoms with Gasteiger partial charge in [-0.1, -0.05) is 19.4 Å². The number of nitrogens with zero attached hydrogens (tertiary/aromatic N) is 6. The average Bonchev–Trinajstić information content (AvgIpc) is 3.19. The first-order chi connectivity index (χ1) is 10.3. The summed E-state index contributed by atoms with van der Waals surface area (Å²) in [5, 5.41) is 17.6. The number of aromatic nitrogens is 6. The molecule has 0 unspecified atom stereocenters. The molecule has 0 aliphatic heterocycles. The Bertz CT molecular complexity index is 757. The van der Waals surface area contributed by atoms with E-state index < -0.39 is 5.76 Å². The van der Waals surface area contributed by atoms with Crippen molar-refractivity contribution in [3.05, 3.63) is 33.9 Å². The van der Waals surface area contributed by atoms with Crippen LogP contribution in [0.25, 0.3) is 10.8 Å². The van der Waals surface area contributed by atoms with Gasteiger partial charge < -0.3 is 4.42 Å². The number of tetrazole rings is 1. The molecule has 0 saturated heterocycles. The lowest BCUT2D eigenvalue weighted by Crippen LogP contribution is -2.19. The number of hydrogen-bond acceptors (Lipinski definition) is 7. The molecular weight excluding hydrogens is 292 g/mol. The molecule has 0 aliphatic carbocycles. The Hall–Kier alpha value is -2.29. The summed E-state index contributed by atoms with van der Waals surface area (Å²) in [4.78, 5) is 12.7. The Kier molecular flexibility index (Phi) is 3.91. The lowest BCUT2D eigenvalue weighted by atomic mass is 10.3. The molecule has 8 nitrogen and oxygen atoms in total. The molecule has 3 aromatic heterocycles. The summed E-state index contributed by atoms with van der Waals surface area (Å²) < 4.78 is 8.09. The van der Waals surface area contributed by atoms with E-state index >= 15 is 0 Å². The SMILES string of the molecule is CCCCn1nnnc1Cn1nc(-c2cccs2)oc1=O. The van der Waals surface area contributed by atoms with Crippen molar-refractivity contribution in [1.82, 2.24) is 30.0 Å². The number of rotatable bonds is 6. The minimum Gasteiger partial charge on any atom is -0.387 e. The van der Waals surface area contributed by atoms with E-state index in [1.807, 2.05) is 17.5 Å². The summed E-state index contributed by atoms with van der Waals surface area (Å²) in [5.41, 5.74) is 0. The Morgan fingerprint density at radius 1 is 1.38 bits per heavy atom. The Labute approximate surface area is 124 Å². The van der Waals surface area contributed by atoms with Crippen LogP contribution in [-0.4, -0.2) is 30.0 Å². The van der Waals surface area contributed by atoms with Gasteiger partial charge in [0.25, 0.3) is 5.89 Å². The lowest BCUT2D eigenvalue weighted by molar-refractivity contribution is 0.475. The maximum Gasteiger partial charge on any atom is 0.437 e. The van der Waals surface area contributed by atoms with Crippen LogP contribution in [-0.2, 0) is 13.1 Å². The summed E-state index contributed by atoms with van der Waals surface area (Å²) in [5.74, 6) is 0.405. The molecule has 3 aromatic rings. The fourth-order valence-electron chi connectivity index (χ4n) is 1.86. The van der Waals surface area contributed by atoms with Crippen LogP contribution in [0.15, 0.2) is 26.7 Å². The summed E-state index contributed by atoms with van der Waals surface area (Å²) >= 11 is 1.47. The van der Waals surface area contributed by atoms with Crippen LogP contribution < -0.4 is 5.76 Å². The van der Waals surface area contributed by atoms with E-state index in [0.29, 0.717) is 11.7 Å². The molecule has 21 heavy (non-hydrogen) atoms. The normalized spacial score (nSPS) is 11.1. The highest BCUT2D eigenvalue weighted by Gasteiger charge is 2.14. The van der Waals surface area contributed by atoms with Crippen molar-refractivity contribution in [2.75, 3.05) is 0 Å². The summed E-state index contributed by atoms with van der Waals surface area (Å²) in [6.45, 7) is 3.02. The van der Waals surface area contributed by atoms with Crippen LogP contribution in [0.4, 0.5) is 0 Å². The molecule has 0 atom stereocenters. The van der Waals surface area contributed by atoms with E-state index in [0.717, 1.165) is 24.3 Å². The highest BCUT2D eigenvalue weighted by atomic mass is 32.1. The van der Waals surface area contributed by atoms with Gasteiger partial charge in [-0.15, -0.1) is 21.5 Å². The number of aryl methyl sites for hydroxylation is 1. The van der Waals surface area contributed by atoms with Crippen LogP contribution in [0.1, 0.15) is 25.6 Å². The van der Waals surface area contributed by atoms with Gasteiger partial charge in [0, 0.05) is 6.54 Å². The van der Waals surface area contributed by atoms with Crippen molar-refractivity contribution in [3.63, 3.8) is 0 Å². The monoisotopic (exact) mass is 306 g/mol. The first kappa shape index (κ1) is 13.7. The molecular formula is C12H14N6O2S. The van der Waals surface area contributed by atoms with E-state index in [1.54, 1.807) is 4.68 Å². The fraction of sp³-hybridized carbons (Fsp3) is 0.417. The van der Waals surface area contributed by atoms with Crippen LogP contribution in [0.2, 0.25) is 0 Å². The second-order valence-electron chi connectivity index (χ2n) is 4.48. The molecule has 0 aliphatic rings. The number of unbranched alkanes of at least 4 members (excludes halogenated alkanes) is 1. The third kappa shape index (κ3) is 2.92. The average molecular weight is 306 g/mol. The van der Waals surface area contributed by atoms with Gasteiger partial charge in [0.15, 0.2) is 5.82 Å². The summed E-state index contributed by atoms with van der Waals surface area (Å²) in [6, 6.07) is 3.73. The quantitative estimate of drug-likeness (QED) is 0.683. The standard InChI is InChI=1S/C12H14N6O2S/c1-2-3-6-17-10(13-15-16-17)8-18-12(19)20-11(14-18)9-5-4-7-21-9/h4-5,7H,2-3,6,8H2,1H3. The van der Waals surface area contributed by atoms with E-state index in [9.17, 15) is 4.79 Å². The van der Waals surface area contributed by atoms with Crippen LogP contribution in [0.5, 0.6) is 0 Å². The van der Waals surface area contributed by atoms with Crippen molar-refractivity contribution in [2.45, 2.75) is 32.9 Å². The van der Waals surface area contributed by atoms with Gasteiger partial charge in [-0.25, -0.2) is 9.48 Å². The second kappa shape index (κ2) is 6.00. The van der Waals surface area contributed by atoms with Gasteiger partial charge >= 0.3 is 5.76 Å². The van der Waals surface area contributed by atoms with Gasteiger partial charge in [0.05, 0.1) is 4.88 Å². The molecule has 0 fully saturated rings. The smallest absolute Gasteiger partial charge is 0.387 e. The zero-order valence-corrected chi connectivity index (χ0v) is 12.3. The summed E-state index contributed by atoms with van der Waals surface area (Å²) in [7, 11) is 0. The third-order valence-corrected chi connectivity index (χ3v) is 3.82. The van der Waals surface area contributed by atoms with Gasteiger partial charge in [-0.3, -0.25) is 0 Å². The summed E-state index contributed by atoms with van der Waals surface area (Å²) in [6.07, 6.45) is 2.03. The van der Waals surface area contributed by atoms with Crippen LogP contribution >= 0.6 is 11.3 Å². The van der Waals surface area contributed by atoms with Crippen molar-refractivity contribution in [1.29, 1.82) is 0 Å². The van der Waals surface area contributed by atoms with E-state index in [-0.39, 0.29) is 6.54 Å². The molecule has 3 heterocycles. The Morgan fingerprint density at radius 3 is 3.05 bits per heavy atom. The minimum atomic E-state index is -0.511. The van der Waals surface area contributed by atoms with Crippen molar-refractivity contribution < 1.29 is 4.42 Å². The maximum atomic E-state index is 11.8. The minimum absolute atomic E-state index is 0.199. The van der Waals surface area contributed by atoms with Crippen LogP contribution in [0.3, 0.4) is 0 Å². The van der Waals surface area contributed by atoms with Crippen LogP contribution in [0, 0.1) is 0 Å². The van der Waals surface area contributed by atoms with E-state index in [1.165, 1.54) is 16.0 Å². The van der Waals surface area contributed by atoms with Gasteiger partial charge in [0.2, 0.25) is 0 Å². The number of hydrogen-bond donors (Lipinski definition) is 0. The zero-order chi connectivity index (χ0) is 14.7. The molecule has 0 aromatic carbocycles. The molecule has 0 bridgehead atoms. The van der Waals surface area contributed by atoms with Crippen molar-refractivity contribution in [3.8, 4) is 10.8 Å². The lowest BCUT2D eigenvalue weighted by Gasteiger charge is -2.02. The molecule has 0 saturated carbocycles. The van der Waals surface area contributed by atoms with Gasteiger partial charge in [-0.2, -0.15) is 4.68 Å². The highest BCUT2D eigenvalue weighted by Crippen LogP contribution is 2.21. The predicted octanol–water partition coefficient (Wildman–Crippen LogP) is 1.40. The molecule has 3 rings (SSSR count). The fourth-order valence-corrected chi connectivity index (χ4v) is 2.50. The first-order valence-corrected chi connectivity index (χ1v) is 7.52. The molecule has 0 N–H and O–H groups in total. The van der Waals surface area contributed by atoms with E-state index in [2.05, 4.69) is 27.5 Å².